The van der Waals surface area contributed by atoms with Crippen molar-refractivity contribution < 1.29 is 14.0 Å². The normalized spacial score (nSPS) is 18.3. The fraction of sp³-hybridized carbons (Fsp3) is 0.259. The van der Waals surface area contributed by atoms with E-state index in [0.717, 1.165) is 11.1 Å². The van der Waals surface area contributed by atoms with Crippen molar-refractivity contribution in [2.24, 2.45) is 0 Å². The molecule has 0 aliphatic carbocycles. The lowest BCUT2D eigenvalue weighted by Crippen LogP contribution is -2.49. The SMILES string of the molecule is O=C(c1ccc([C@@H]2SCC(=O)N2Cc2ccc(Cl)cc2)cc1)N1CCN(c2ccccc2F)CC1. The van der Waals surface area contributed by atoms with E-state index in [-0.39, 0.29) is 23.0 Å². The van der Waals surface area contributed by atoms with Gasteiger partial charge in [0.2, 0.25) is 5.91 Å². The fourth-order valence-electron chi connectivity index (χ4n) is 4.52. The molecule has 2 aliphatic heterocycles. The number of hydrogen-bond donors (Lipinski definition) is 0. The Kier molecular flexibility index (Phi) is 6.97. The minimum atomic E-state index is -0.240. The molecule has 1 atom stereocenters. The highest BCUT2D eigenvalue weighted by Crippen LogP contribution is 2.39. The molecule has 0 aromatic heterocycles. The van der Waals surface area contributed by atoms with Crippen LogP contribution in [0.5, 0.6) is 0 Å². The number of amides is 2. The van der Waals surface area contributed by atoms with Crippen molar-refractivity contribution in [3.05, 3.63) is 100 Å². The van der Waals surface area contributed by atoms with Crippen LogP contribution in [0.2, 0.25) is 5.02 Å². The Balaban J connectivity index is 1.23. The third-order valence-corrected chi connectivity index (χ3v) is 7.95. The van der Waals surface area contributed by atoms with Crippen LogP contribution in [0.1, 0.15) is 26.9 Å². The molecule has 3 aromatic carbocycles. The number of para-hydroxylation sites is 1. The number of piperazine rings is 1. The van der Waals surface area contributed by atoms with E-state index < -0.39 is 0 Å². The first-order valence-electron chi connectivity index (χ1n) is 11.5. The minimum Gasteiger partial charge on any atom is -0.366 e. The van der Waals surface area contributed by atoms with E-state index in [2.05, 4.69) is 0 Å². The lowest BCUT2D eigenvalue weighted by molar-refractivity contribution is -0.128. The zero-order chi connectivity index (χ0) is 24.4. The van der Waals surface area contributed by atoms with Gasteiger partial charge in [-0.3, -0.25) is 9.59 Å². The van der Waals surface area contributed by atoms with Crippen LogP contribution in [0.3, 0.4) is 0 Å². The number of hydrogen-bond acceptors (Lipinski definition) is 4. The lowest BCUT2D eigenvalue weighted by Gasteiger charge is -2.36. The maximum Gasteiger partial charge on any atom is 0.253 e. The summed E-state index contributed by atoms with van der Waals surface area (Å²) in [5.41, 5.74) is 3.22. The van der Waals surface area contributed by atoms with Crippen LogP contribution in [0, 0.1) is 5.82 Å². The number of nitrogens with zero attached hydrogens (tertiary/aromatic N) is 3. The highest BCUT2D eigenvalue weighted by Gasteiger charge is 2.33. The number of halogens is 2. The molecule has 2 saturated heterocycles. The average Bonchev–Trinajstić information content (AvgIpc) is 3.25. The van der Waals surface area contributed by atoms with Crippen LogP contribution in [-0.2, 0) is 11.3 Å². The summed E-state index contributed by atoms with van der Waals surface area (Å²) in [6.45, 7) is 2.77. The van der Waals surface area contributed by atoms with Crippen molar-refractivity contribution in [1.82, 2.24) is 9.80 Å². The number of thioether (sulfide) groups is 1. The zero-order valence-electron chi connectivity index (χ0n) is 19.1. The first-order valence-corrected chi connectivity index (χ1v) is 13.0. The molecule has 0 N–H and O–H groups in total. The molecule has 0 saturated carbocycles. The van der Waals surface area contributed by atoms with Gasteiger partial charge in [0.25, 0.3) is 5.91 Å². The smallest absolute Gasteiger partial charge is 0.253 e. The third-order valence-electron chi connectivity index (χ3n) is 6.44. The van der Waals surface area contributed by atoms with E-state index in [1.807, 2.05) is 69.3 Å². The second-order valence-electron chi connectivity index (χ2n) is 8.66. The molecule has 0 unspecified atom stereocenters. The third kappa shape index (κ3) is 5.16. The molecule has 8 heteroatoms. The summed E-state index contributed by atoms with van der Waals surface area (Å²) in [4.78, 5) is 31.3. The molecular weight excluding hydrogens is 485 g/mol. The number of anilines is 1. The van der Waals surface area contributed by atoms with Gasteiger partial charge in [0.05, 0.1) is 11.4 Å². The van der Waals surface area contributed by atoms with E-state index in [4.69, 9.17) is 11.6 Å². The summed E-state index contributed by atoms with van der Waals surface area (Å²) in [6, 6.07) is 21.8. The Morgan fingerprint density at radius 1 is 0.943 bits per heavy atom. The molecule has 2 aliphatic rings. The van der Waals surface area contributed by atoms with Crippen LogP contribution in [-0.4, -0.2) is 53.5 Å². The van der Waals surface area contributed by atoms with E-state index in [1.165, 1.54) is 6.07 Å². The summed E-state index contributed by atoms with van der Waals surface area (Å²) in [7, 11) is 0. The Morgan fingerprint density at radius 3 is 2.31 bits per heavy atom. The van der Waals surface area contributed by atoms with Crippen molar-refractivity contribution in [3.63, 3.8) is 0 Å². The molecule has 5 nitrogen and oxygen atoms in total. The van der Waals surface area contributed by atoms with Crippen LogP contribution >= 0.6 is 23.4 Å². The Labute approximate surface area is 213 Å². The molecule has 0 bridgehead atoms. The van der Waals surface area contributed by atoms with Crippen molar-refractivity contribution >= 4 is 40.9 Å². The predicted molar refractivity (Wildman–Crippen MR) is 138 cm³/mol. The minimum absolute atomic E-state index is 0.0297. The second-order valence-corrected chi connectivity index (χ2v) is 10.2. The Hall–Kier alpha value is -3.03. The molecule has 2 amide bonds. The number of benzene rings is 3. The Bertz CT molecular complexity index is 1210. The lowest BCUT2D eigenvalue weighted by atomic mass is 10.1. The van der Waals surface area contributed by atoms with Gasteiger partial charge in [-0.2, -0.15) is 0 Å². The van der Waals surface area contributed by atoms with Gasteiger partial charge in [-0.05, 0) is 47.5 Å². The van der Waals surface area contributed by atoms with Gasteiger partial charge in [0.15, 0.2) is 0 Å². The van der Waals surface area contributed by atoms with Gasteiger partial charge in [-0.25, -0.2) is 4.39 Å². The molecule has 180 valence electrons. The fourth-order valence-corrected chi connectivity index (χ4v) is 5.83. The summed E-state index contributed by atoms with van der Waals surface area (Å²) in [5, 5.41) is 0.577. The van der Waals surface area contributed by atoms with Crippen molar-refractivity contribution in [3.8, 4) is 0 Å². The maximum atomic E-state index is 14.1. The molecular formula is C27H25ClFN3O2S. The van der Waals surface area contributed by atoms with Gasteiger partial charge < -0.3 is 14.7 Å². The van der Waals surface area contributed by atoms with E-state index in [9.17, 15) is 14.0 Å². The maximum absolute atomic E-state index is 14.1. The summed E-state index contributed by atoms with van der Waals surface area (Å²) in [6.07, 6.45) is 0. The van der Waals surface area contributed by atoms with Crippen molar-refractivity contribution in [2.75, 3.05) is 36.8 Å². The van der Waals surface area contributed by atoms with E-state index in [0.29, 0.717) is 54.8 Å². The summed E-state index contributed by atoms with van der Waals surface area (Å²) >= 11 is 7.58. The highest BCUT2D eigenvalue weighted by molar-refractivity contribution is 8.00. The van der Waals surface area contributed by atoms with Crippen LogP contribution in [0.25, 0.3) is 0 Å². The molecule has 0 radical (unpaired) electrons. The van der Waals surface area contributed by atoms with Crippen LogP contribution in [0.4, 0.5) is 10.1 Å². The molecule has 2 fully saturated rings. The van der Waals surface area contributed by atoms with Crippen LogP contribution < -0.4 is 4.90 Å². The highest BCUT2D eigenvalue weighted by atomic mass is 35.5. The van der Waals surface area contributed by atoms with E-state index in [1.54, 1.807) is 23.9 Å². The number of carbonyl (C=O) groups excluding carboxylic acids is 2. The van der Waals surface area contributed by atoms with Gasteiger partial charge in [0.1, 0.15) is 11.2 Å². The van der Waals surface area contributed by atoms with Gasteiger partial charge in [0, 0.05) is 43.3 Å². The molecule has 3 aromatic rings. The largest absolute Gasteiger partial charge is 0.366 e. The first-order chi connectivity index (χ1) is 17.0. The molecule has 0 spiro atoms. The van der Waals surface area contributed by atoms with Crippen molar-refractivity contribution in [1.29, 1.82) is 0 Å². The predicted octanol–water partition coefficient (Wildman–Crippen LogP) is 5.22. The monoisotopic (exact) mass is 509 g/mol. The average molecular weight is 510 g/mol. The summed E-state index contributed by atoms with van der Waals surface area (Å²) in [5.74, 6) is 0.266. The van der Waals surface area contributed by atoms with Gasteiger partial charge in [-0.1, -0.05) is 48.0 Å². The number of rotatable bonds is 5. The topological polar surface area (TPSA) is 43.9 Å². The zero-order valence-corrected chi connectivity index (χ0v) is 20.6. The van der Waals surface area contributed by atoms with Crippen LogP contribution in [0.15, 0.2) is 72.8 Å². The molecule has 5 rings (SSSR count). The standard InChI is InChI=1S/C27H25ClFN3O2S/c28-22-11-5-19(6-12-22)17-32-25(33)18-35-27(32)21-9-7-20(8-10-21)26(34)31-15-13-30(14-16-31)24-4-2-1-3-23(24)29/h1-12,27H,13-18H2/t27-/m0/s1. The molecule has 2 heterocycles. The first kappa shape index (κ1) is 23.7. The van der Waals surface area contributed by atoms with Crippen molar-refractivity contribution in [2.45, 2.75) is 11.9 Å². The van der Waals surface area contributed by atoms with Gasteiger partial charge in [-0.15, -0.1) is 11.8 Å². The number of carbonyl (C=O) groups is 2. The second kappa shape index (κ2) is 10.3. The molecule has 35 heavy (non-hydrogen) atoms. The quantitative estimate of drug-likeness (QED) is 0.473. The van der Waals surface area contributed by atoms with E-state index >= 15 is 0 Å². The van der Waals surface area contributed by atoms with Gasteiger partial charge >= 0.3 is 0 Å². The summed E-state index contributed by atoms with van der Waals surface area (Å²) < 4.78 is 14.1. The Morgan fingerprint density at radius 2 is 1.63 bits per heavy atom.